The predicted molar refractivity (Wildman–Crippen MR) is 77.6 cm³/mol. The summed E-state index contributed by atoms with van der Waals surface area (Å²) >= 11 is 0. The van der Waals surface area contributed by atoms with Gasteiger partial charge in [-0.3, -0.25) is 0 Å². The molecule has 3 atom stereocenters. The van der Waals surface area contributed by atoms with Crippen molar-refractivity contribution in [3.8, 4) is 0 Å². The van der Waals surface area contributed by atoms with Crippen LogP contribution in [-0.4, -0.2) is 17.2 Å². The molecule has 1 aromatic rings. The SMILES string of the molecule is CCC(C)NC(C(C)C)C(O)c1ccc(F)c(C)c1. The molecule has 0 spiro atoms. The van der Waals surface area contributed by atoms with Crippen LogP contribution >= 0.6 is 0 Å². The van der Waals surface area contributed by atoms with Gasteiger partial charge in [0.05, 0.1) is 6.10 Å². The van der Waals surface area contributed by atoms with Gasteiger partial charge >= 0.3 is 0 Å². The molecule has 2 N–H and O–H groups in total. The van der Waals surface area contributed by atoms with Crippen LogP contribution in [-0.2, 0) is 0 Å². The van der Waals surface area contributed by atoms with E-state index in [-0.39, 0.29) is 11.9 Å². The summed E-state index contributed by atoms with van der Waals surface area (Å²) in [4.78, 5) is 0. The van der Waals surface area contributed by atoms with Gasteiger partial charge in [-0.15, -0.1) is 0 Å². The maximum atomic E-state index is 13.3. The number of benzene rings is 1. The topological polar surface area (TPSA) is 32.3 Å². The van der Waals surface area contributed by atoms with Crippen LogP contribution in [0, 0.1) is 18.7 Å². The fraction of sp³-hybridized carbons (Fsp3) is 0.625. The number of aliphatic hydroxyl groups excluding tert-OH is 1. The van der Waals surface area contributed by atoms with Crippen molar-refractivity contribution in [2.24, 2.45) is 5.92 Å². The van der Waals surface area contributed by atoms with Crippen LogP contribution < -0.4 is 5.32 Å². The molecule has 0 aliphatic rings. The Morgan fingerprint density at radius 1 is 1.26 bits per heavy atom. The van der Waals surface area contributed by atoms with E-state index in [1.165, 1.54) is 6.07 Å². The van der Waals surface area contributed by atoms with Gasteiger partial charge in [-0.05, 0) is 43.4 Å². The fourth-order valence-corrected chi connectivity index (χ4v) is 2.15. The van der Waals surface area contributed by atoms with Gasteiger partial charge in [-0.25, -0.2) is 4.39 Å². The molecule has 0 radical (unpaired) electrons. The Labute approximate surface area is 116 Å². The van der Waals surface area contributed by atoms with Gasteiger partial charge in [0.2, 0.25) is 0 Å². The fourth-order valence-electron chi connectivity index (χ4n) is 2.15. The van der Waals surface area contributed by atoms with Crippen molar-refractivity contribution < 1.29 is 9.50 Å². The summed E-state index contributed by atoms with van der Waals surface area (Å²) in [7, 11) is 0. The number of aryl methyl sites for hydroxylation is 1. The van der Waals surface area contributed by atoms with E-state index >= 15 is 0 Å². The van der Waals surface area contributed by atoms with Gasteiger partial charge < -0.3 is 10.4 Å². The smallest absolute Gasteiger partial charge is 0.126 e. The quantitative estimate of drug-likeness (QED) is 0.825. The highest BCUT2D eigenvalue weighted by atomic mass is 19.1. The number of aliphatic hydroxyl groups is 1. The Hall–Kier alpha value is -0.930. The second-order valence-electron chi connectivity index (χ2n) is 5.70. The average molecular weight is 267 g/mol. The Balaban J connectivity index is 2.92. The van der Waals surface area contributed by atoms with Crippen molar-refractivity contribution >= 4 is 0 Å². The average Bonchev–Trinajstić information content (AvgIpc) is 2.37. The monoisotopic (exact) mass is 267 g/mol. The Kier molecular flexibility index (Phi) is 5.95. The molecule has 0 aliphatic carbocycles. The molecule has 0 saturated carbocycles. The Bertz CT molecular complexity index is 406. The van der Waals surface area contributed by atoms with Crippen LogP contribution in [0.4, 0.5) is 4.39 Å². The first-order valence-corrected chi connectivity index (χ1v) is 7.07. The third-order valence-corrected chi connectivity index (χ3v) is 3.67. The number of rotatable bonds is 6. The van der Waals surface area contributed by atoms with E-state index in [2.05, 4.69) is 33.0 Å². The van der Waals surface area contributed by atoms with Crippen LogP contribution in [0.2, 0.25) is 0 Å². The van der Waals surface area contributed by atoms with E-state index < -0.39 is 6.10 Å². The number of hydrogen-bond donors (Lipinski definition) is 2. The normalized spacial score (nSPS) is 16.4. The summed E-state index contributed by atoms with van der Waals surface area (Å²) in [6, 6.07) is 5.14. The lowest BCUT2D eigenvalue weighted by Crippen LogP contribution is -2.43. The first-order valence-electron chi connectivity index (χ1n) is 7.07. The second-order valence-corrected chi connectivity index (χ2v) is 5.70. The molecule has 0 fully saturated rings. The summed E-state index contributed by atoms with van der Waals surface area (Å²) in [5.41, 5.74) is 1.34. The van der Waals surface area contributed by atoms with Crippen molar-refractivity contribution in [2.75, 3.05) is 0 Å². The summed E-state index contributed by atoms with van der Waals surface area (Å²) in [5.74, 6) is 0.0706. The first kappa shape index (κ1) is 16.1. The maximum Gasteiger partial charge on any atom is 0.126 e. The van der Waals surface area contributed by atoms with E-state index in [9.17, 15) is 9.50 Å². The minimum atomic E-state index is -0.617. The third-order valence-electron chi connectivity index (χ3n) is 3.67. The first-order chi connectivity index (χ1) is 8.86. The van der Waals surface area contributed by atoms with E-state index in [0.717, 1.165) is 12.0 Å². The zero-order chi connectivity index (χ0) is 14.6. The summed E-state index contributed by atoms with van der Waals surface area (Å²) in [6.45, 7) is 10.1. The van der Waals surface area contributed by atoms with Crippen molar-refractivity contribution in [2.45, 2.75) is 59.2 Å². The number of nitrogens with one attached hydrogen (secondary N) is 1. The number of hydrogen-bond acceptors (Lipinski definition) is 2. The van der Waals surface area contributed by atoms with Crippen molar-refractivity contribution in [3.63, 3.8) is 0 Å². The van der Waals surface area contributed by atoms with E-state index in [1.807, 2.05) is 0 Å². The molecule has 2 nitrogen and oxygen atoms in total. The van der Waals surface area contributed by atoms with Gasteiger partial charge in [0, 0.05) is 12.1 Å². The number of halogens is 1. The van der Waals surface area contributed by atoms with Crippen LogP contribution in [0.15, 0.2) is 18.2 Å². The molecule has 0 saturated heterocycles. The lowest BCUT2D eigenvalue weighted by molar-refractivity contribution is 0.0985. The molecule has 3 unspecified atom stereocenters. The highest BCUT2D eigenvalue weighted by Gasteiger charge is 2.25. The molecule has 1 aromatic carbocycles. The van der Waals surface area contributed by atoms with Crippen LogP contribution in [0.1, 0.15) is 51.3 Å². The van der Waals surface area contributed by atoms with Gasteiger partial charge in [0.15, 0.2) is 0 Å². The van der Waals surface area contributed by atoms with Crippen LogP contribution in [0.3, 0.4) is 0 Å². The second kappa shape index (κ2) is 7.01. The molecule has 108 valence electrons. The minimum Gasteiger partial charge on any atom is -0.387 e. The molecule has 0 heterocycles. The van der Waals surface area contributed by atoms with Gasteiger partial charge in [0.25, 0.3) is 0 Å². The third kappa shape index (κ3) is 4.29. The maximum absolute atomic E-state index is 13.3. The van der Waals surface area contributed by atoms with Crippen molar-refractivity contribution in [3.05, 3.63) is 35.1 Å². The molecule has 0 bridgehead atoms. The van der Waals surface area contributed by atoms with E-state index in [4.69, 9.17) is 0 Å². The minimum absolute atomic E-state index is 0.0280. The molecule has 19 heavy (non-hydrogen) atoms. The Morgan fingerprint density at radius 3 is 2.37 bits per heavy atom. The summed E-state index contributed by atoms with van der Waals surface area (Å²) in [5, 5.41) is 14.0. The molecular weight excluding hydrogens is 241 g/mol. The van der Waals surface area contributed by atoms with E-state index in [0.29, 0.717) is 17.5 Å². The molecule has 1 rings (SSSR count). The molecule has 0 aromatic heterocycles. The standard InChI is InChI=1S/C16H26FNO/c1-6-12(5)18-15(10(2)3)16(19)13-7-8-14(17)11(4)9-13/h7-10,12,15-16,18-19H,6H2,1-5H3. The predicted octanol–water partition coefficient (Wildman–Crippen LogP) is 3.58. The largest absolute Gasteiger partial charge is 0.387 e. The van der Waals surface area contributed by atoms with Gasteiger partial charge in [-0.1, -0.05) is 32.9 Å². The van der Waals surface area contributed by atoms with Gasteiger partial charge in [0.1, 0.15) is 5.82 Å². The molecule has 0 amide bonds. The van der Waals surface area contributed by atoms with Crippen LogP contribution in [0.5, 0.6) is 0 Å². The molecule has 3 heteroatoms. The molecule has 0 aliphatic heterocycles. The zero-order valence-corrected chi connectivity index (χ0v) is 12.6. The lowest BCUT2D eigenvalue weighted by Gasteiger charge is -2.30. The highest BCUT2D eigenvalue weighted by Crippen LogP contribution is 2.24. The zero-order valence-electron chi connectivity index (χ0n) is 12.6. The van der Waals surface area contributed by atoms with Gasteiger partial charge in [-0.2, -0.15) is 0 Å². The Morgan fingerprint density at radius 2 is 1.89 bits per heavy atom. The summed E-state index contributed by atoms with van der Waals surface area (Å²) in [6.07, 6.45) is 0.395. The van der Waals surface area contributed by atoms with Crippen molar-refractivity contribution in [1.29, 1.82) is 0 Å². The molecular formula is C16H26FNO. The van der Waals surface area contributed by atoms with E-state index in [1.54, 1.807) is 19.1 Å². The highest BCUT2D eigenvalue weighted by molar-refractivity contribution is 5.26. The van der Waals surface area contributed by atoms with Crippen LogP contribution in [0.25, 0.3) is 0 Å². The lowest BCUT2D eigenvalue weighted by atomic mass is 9.92. The summed E-state index contributed by atoms with van der Waals surface area (Å²) < 4.78 is 13.3. The van der Waals surface area contributed by atoms with Crippen molar-refractivity contribution in [1.82, 2.24) is 5.32 Å².